The van der Waals surface area contributed by atoms with Crippen molar-refractivity contribution in [3.63, 3.8) is 0 Å². The molecule has 0 spiro atoms. The van der Waals surface area contributed by atoms with Gasteiger partial charge in [-0.1, -0.05) is 122 Å². The van der Waals surface area contributed by atoms with E-state index in [4.69, 9.17) is 0 Å². The first-order valence-electron chi connectivity index (χ1n) is 10.5. The van der Waals surface area contributed by atoms with E-state index in [1.807, 2.05) is 0 Å². The maximum Gasteiger partial charge on any atom is 0.101 e. The zero-order valence-electron chi connectivity index (χ0n) is 16.6. The molecule has 0 nitrogen and oxygen atoms in total. The standard InChI is InChI=1S/C14H29B.C8H11P/c15-13-12-14-10-8-6-4-2-1-3-5-7-9-11-14;1-9(2)8-6-4-3-5-7-8/h14H,1-13,15H2;3-7H,1-2H3. The van der Waals surface area contributed by atoms with Crippen molar-refractivity contribution in [2.75, 3.05) is 13.3 Å². The summed E-state index contributed by atoms with van der Waals surface area (Å²) in [5, 5.41) is 1.48. The molecule has 0 unspecified atom stereocenters. The van der Waals surface area contributed by atoms with Crippen molar-refractivity contribution < 1.29 is 0 Å². The molecular weight excluding hydrogens is 306 g/mol. The fraction of sp³-hybridized carbons (Fsp3) is 0.727. The highest BCUT2D eigenvalue weighted by molar-refractivity contribution is 7.64. The van der Waals surface area contributed by atoms with E-state index in [1.54, 1.807) is 0 Å². The molecule has 0 aromatic heterocycles. The number of benzene rings is 1. The van der Waals surface area contributed by atoms with Crippen LogP contribution in [0.2, 0.25) is 6.32 Å². The maximum absolute atomic E-state index is 2.34. The van der Waals surface area contributed by atoms with Crippen LogP contribution in [-0.4, -0.2) is 21.2 Å². The lowest BCUT2D eigenvalue weighted by molar-refractivity contribution is 0.385. The van der Waals surface area contributed by atoms with Gasteiger partial charge in [-0.2, -0.15) is 0 Å². The SMILES string of the molecule is BCCC1CCCCCCCCCCC1.CP(C)c1ccccc1. The second-order valence-electron chi connectivity index (χ2n) is 7.64. The Morgan fingerprint density at radius 3 is 1.62 bits per heavy atom. The predicted octanol–water partition coefficient (Wildman–Crippen LogP) is 6.40. The quantitative estimate of drug-likeness (QED) is 0.439. The van der Waals surface area contributed by atoms with Crippen LogP contribution in [0.15, 0.2) is 30.3 Å². The Hall–Kier alpha value is -0.285. The van der Waals surface area contributed by atoms with Gasteiger partial charge in [0.1, 0.15) is 7.85 Å². The van der Waals surface area contributed by atoms with Crippen LogP contribution in [0.4, 0.5) is 0 Å². The van der Waals surface area contributed by atoms with Gasteiger partial charge in [0.2, 0.25) is 0 Å². The third kappa shape index (κ3) is 11.3. The van der Waals surface area contributed by atoms with Gasteiger partial charge in [0.15, 0.2) is 0 Å². The molecule has 1 aromatic carbocycles. The van der Waals surface area contributed by atoms with Crippen molar-refractivity contribution in [2.24, 2.45) is 5.92 Å². The van der Waals surface area contributed by atoms with Crippen molar-refractivity contribution in [1.82, 2.24) is 0 Å². The lowest BCUT2D eigenvalue weighted by Crippen LogP contribution is -2.01. The van der Waals surface area contributed by atoms with Gasteiger partial charge in [-0.25, -0.2) is 0 Å². The summed E-state index contributed by atoms with van der Waals surface area (Å²) in [4.78, 5) is 0. The largest absolute Gasteiger partial charge is 0.101 e. The molecule has 1 fully saturated rings. The molecule has 24 heavy (non-hydrogen) atoms. The average molecular weight is 346 g/mol. The summed E-state index contributed by atoms with van der Waals surface area (Å²) in [5.41, 5.74) is 0. The monoisotopic (exact) mass is 346 g/mol. The second-order valence-corrected chi connectivity index (χ2v) is 9.95. The van der Waals surface area contributed by atoms with Gasteiger partial charge < -0.3 is 0 Å². The number of hydrogen-bond donors (Lipinski definition) is 0. The fourth-order valence-electron chi connectivity index (χ4n) is 3.67. The Morgan fingerprint density at radius 2 is 1.25 bits per heavy atom. The van der Waals surface area contributed by atoms with Crippen LogP contribution < -0.4 is 5.30 Å². The first kappa shape index (κ1) is 21.8. The summed E-state index contributed by atoms with van der Waals surface area (Å²) in [6, 6.07) is 10.6. The molecule has 1 aliphatic carbocycles. The molecule has 1 aliphatic rings. The van der Waals surface area contributed by atoms with Crippen LogP contribution >= 0.6 is 7.92 Å². The molecule has 0 atom stereocenters. The van der Waals surface area contributed by atoms with Gasteiger partial charge in [-0.15, -0.1) is 0 Å². The normalized spacial score (nSPS) is 18.1. The maximum atomic E-state index is 2.34. The first-order chi connectivity index (χ1) is 11.7. The molecule has 2 rings (SSSR count). The zero-order chi connectivity index (χ0) is 17.5. The average Bonchev–Trinajstić information content (AvgIpc) is 2.59. The minimum absolute atomic E-state index is 0.104. The molecule has 0 aliphatic heterocycles. The lowest BCUT2D eigenvalue weighted by atomic mass is 9.85. The molecule has 2 heteroatoms. The summed E-state index contributed by atoms with van der Waals surface area (Å²) < 4.78 is 0. The molecule has 1 saturated carbocycles. The molecule has 0 bridgehead atoms. The smallest absolute Gasteiger partial charge is 0.0817 e. The Balaban J connectivity index is 0.000000272. The minimum atomic E-state index is 0.104. The van der Waals surface area contributed by atoms with E-state index in [9.17, 15) is 0 Å². The molecule has 0 N–H and O–H groups in total. The van der Waals surface area contributed by atoms with Crippen LogP contribution in [-0.2, 0) is 0 Å². The van der Waals surface area contributed by atoms with Crippen molar-refractivity contribution in [2.45, 2.75) is 83.4 Å². The zero-order valence-corrected chi connectivity index (χ0v) is 17.5. The van der Waals surface area contributed by atoms with E-state index in [1.165, 1.54) is 88.7 Å². The highest BCUT2D eigenvalue weighted by Crippen LogP contribution is 2.24. The summed E-state index contributed by atoms with van der Waals surface area (Å²) in [7, 11) is 2.45. The summed E-state index contributed by atoms with van der Waals surface area (Å²) in [6.45, 7) is 4.54. The topological polar surface area (TPSA) is 0 Å². The first-order valence-corrected chi connectivity index (χ1v) is 12.7. The van der Waals surface area contributed by atoms with Crippen molar-refractivity contribution >= 4 is 21.1 Å². The van der Waals surface area contributed by atoms with Gasteiger partial charge >= 0.3 is 0 Å². The van der Waals surface area contributed by atoms with E-state index in [-0.39, 0.29) is 7.92 Å². The van der Waals surface area contributed by atoms with Gasteiger partial charge in [-0.05, 0) is 24.6 Å². The van der Waals surface area contributed by atoms with Gasteiger partial charge in [0.05, 0.1) is 0 Å². The molecule has 0 saturated heterocycles. The Bertz CT molecular complexity index is 365. The lowest BCUT2D eigenvalue weighted by Gasteiger charge is -2.16. The molecule has 136 valence electrons. The minimum Gasteiger partial charge on any atom is -0.0817 e. The Labute approximate surface area is 154 Å². The molecule has 0 amide bonds. The number of hydrogen-bond acceptors (Lipinski definition) is 0. The van der Waals surface area contributed by atoms with Crippen molar-refractivity contribution in [3.8, 4) is 0 Å². The van der Waals surface area contributed by atoms with Crippen molar-refractivity contribution in [3.05, 3.63) is 30.3 Å². The van der Waals surface area contributed by atoms with Gasteiger partial charge in [-0.3, -0.25) is 0 Å². The molecule has 0 heterocycles. The van der Waals surface area contributed by atoms with E-state index in [2.05, 4.69) is 51.5 Å². The van der Waals surface area contributed by atoms with Crippen molar-refractivity contribution in [1.29, 1.82) is 0 Å². The third-order valence-corrected chi connectivity index (χ3v) is 6.53. The highest BCUT2D eigenvalue weighted by Gasteiger charge is 2.08. The highest BCUT2D eigenvalue weighted by atomic mass is 31.1. The van der Waals surface area contributed by atoms with E-state index in [0.717, 1.165) is 5.92 Å². The Kier molecular flexibility index (Phi) is 13.6. The van der Waals surface area contributed by atoms with Gasteiger partial charge in [0.25, 0.3) is 0 Å². The second kappa shape index (κ2) is 15.0. The Morgan fingerprint density at radius 1 is 0.792 bits per heavy atom. The van der Waals surface area contributed by atoms with E-state index in [0.29, 0.717) is 0 Å². The van der Waals surface area contributed by atoms with E-state index >= 15 is 0 Å². The molecule has 1 aromatic rings. The third-order valence-electron chi connectivity index (χ3n) is 5.19. The van der Waals surface area contributed by atoms with Crippen LogP contribution in [0, 0.1) is 5.92 Å². The summed E-state index contributed by atoms with van der Waals surface area (Å²) in [6.07, 6.45) is 19.4. The van der Waals surface area contributed by atoms with E-state index < -0.39 is 0 Å². The van der Waals surface area contributed by atoms with Crippen LogP contribution in [0.25, 0.3) is 0 Å². The predicted molar refractivity (Wildman–Crippen MR) is 117 cm³/mol. The summed E-state index contributed by atoms with van der Waals surface area (Å²) in [5.74, 6) is 1.06. The van der Waals surface area contributed by atoms with Crippen LogP contribution in [0.1, 0.15) is 77.0 Å². The summed E-state index contributed by atoms with van der Waals surface area (Å²) >= 11 is 0. The fourth-order valence-corrected chi connectivity index (χ4v) is 4.44. The molecule has 0 radical (unpaired) electrons. The van der Waals surface area contributed by atoms with Crippen LogP contribution in [0.3, 0.4) is 0 Å². The van der Waals surface area contributed by atoms with Crippen LogP contribution in [0.5, 0.6) is 0 Å². The van der Waals surface area contributed by atoms with Gasteiger partial charge in [0, 0.05) is 0 Å². The number of rotatable bonds is 3. The molecular formula is C22H40BP.